The first-order valence-electron chi connectivity index (χ1n) is 5.72. The van der Waals surface area contributed by atoms with Crippen molar-refractivity contribution in [3.8, 4) is 0 Å². The number of carbonyl (C=O) groups is 2. The quantitative estimate of drug-likeness (QED) is 0.619. The Morgan fingerprint density at radius 2 is 2.24 bits per heavy atom. The minimum Gasteiger partial charge on any atom is -0.480 e. The number of thioether (sulfide) groups is 1. The topological polar surface area (TPSA) is 113 Å². The Kier molecular flexibility index (Phi) is 4.68. The highest BCUT2D eigenvalue weighted by atomic mass is 79.9. The zero-order valence-electron chi connectivity index (χ0n) is 10.5. The third-order valence-corrected chi connectivity index (χ3v) is 4.50. The van der Waals surface area contributed by atoms with Gasteiger partial charge in [0.1, 0.15) is 6.04 Å². The smallest absolute Gasteiger partial charge is 0.327 e. The van der Waals surface area contributed by atoms with E-state index < -0.39 is 23.0 Å². The average molecular weight is 376 g/mol. The van der Waals surface area contributed by atoms with E-state index in [1.165, 1.54) is 34.9 Å². The Morgan fingerprint density at radius 3 is 2.81 bits per heavy atom. The maximum absolute atomic E-state index is 12.1. The van der Waals surface area contributed by atoms with Crippen LogP contribution in [0.15, 0.2) is 22.7 Å². The van der Waals surface area contributed by atoms with Crippen LogP contribution in [-0.4, -0.2) is 44.6 Å². The van der Waals surface area contributed by atoms with Crippen LogP contribution in [0.1, 0.15) is 0 Å². The summed E-state index contributed by atoms with van der Waals surface area (Å²) in [7, 11) is 0. The number of carbonyl (C=O) groups excluding carboxylic acids is 1. The van der Waals surface area contributed by atoms with Gasteiger partial charge in [-0.1, -0.05) is 0 Å². The molecule has 8 nitrogen and oxygen atoms in total. The third kappa shape index (κ3) is 3.45. The lowest BCUT2D eigenvalue weighted by atomic mass is 10.3. The summed E-state index contributed by atoms with van der Waals surface area (Å²) in [5, 5.41) is 22.2. The zero-order valence-corrected chi connectivity index (χ0v) is 12.9. The SMILES string of the molecule is O=C(O)C1CSCN1C(=O)Nc1ccc([N+](=O)[O-])cc1Br. The molecule has 10 heteroatoms. The number of nitrogens with zero attached hydrogens (tertiary/aromatic N) is 2. The summed E-state index contributed by atoms with van der Waals surface area (Å²) in [6.07, 6.45) is 0. The molecule has 0 spiro atoms. The molecule has 0 aromatic heterocycles. The van der Waals surface area contributed by atoms with E-state index in [0.717, 1.165) is 0 Å². The fourth-order valence-electron chi connectivity index (χ4n) is 1.75. The van der Waals surface area contributed by atoms with Crippen LogP contribution in [0, 0.1) is 10.1 Å². The molecular weight excluding hydrogens is 366 g/mol. The summed E-state index contributed by atoms with van der Waals surface area (Å²) in [6.45, 7) is 0. The number of anilines is 1. The predicted molar refractivity (Wildman–Crippen MR) is 80.4 cm³/mol. The minimum absolute atomic E-state index is 0.111. The molecule has 0 bridgehead atoms. The number of urea groups is 1. The molecule has 2 N–H and O–H groups in total. The first kappa shape index (κ1) is 15.6. The molecule has 1 unspecified atom stereocenters. The summed E-state index contributed by atoms with van der Waals surface area (Å²) in [4.78, 5) is 34.4. The fourth-order valence-corrected chi connectivity index (χ4v) is 3.36. The van der Waals surface area contributed by atoms with Crippen LogP contribution in [0.25, 0.3) is 0 Å². The maximum atomic E-state index is 12.1. The van der Waals surface area contributed by atoms with E-state index in [4.69, 9.17) is 5.11 Å². The summed E-state index contributed by atoms with van der Waals surface area (Å²) in [5.74, 6) is -0.435. The average Bonchev–Trinajstić information content (AvgIpc) is 2.90. The standard InChI is InChI=1S/C11H10BrN3O5S/c12-7-3-6(15(19)20)1-2-8(7)13-11(18)14-5-21-4-9(14)10(16)17/h1-3,9H,4-5H2,(H,13,18)(H,16,17). The van der Waals surface area contributed by atoms with E-state index in [1.54, 1.807) is 0 Å². The summed E-state index contributed by atoms with van der Waals surface area (Å²) < 4.78 is 0.351. The number of hydrogen-bond donors (Lipinski definition) is 2. The number of rotatable bonds is 3. The lowest BCUT2D eigenvalue weighted by Gasteiger charge is -2.21. The van der Waals surface area contributed by atoms with Gasteiger partial charge in [-0.25, -0.2) is 9.59 Å². The van der Waals surface area contributed by atoms with Gasteiger partial charge in [-0.05, 0) is 22.0 Å². The van der Waals surface area contributed by atoms with Crippen LogP contribution in [0.2, 0.25) is 0 Å². The molecule has 112 valence electrons. The number of nitrogens with one attached hydrogen (secondary N) is 1. The predicted octanol–water partition coefficient (Wildman–Crippen LogP) is 2.35. The molecule has 0 radical (unpaired) electrons. The van der Waals surface area contributed by atoms with Gasteiger partial charge < -0.3 is 15.3 Å². The van der Waals surface area contributed by atoms with Gasteiger partial charge in [0, 0.05) is 22.4 Å². The van der Waals surface area contributed by atoms with Crippen LogP contribution in [0.5, 0.6) is 0 Å². The molecule has 0 aliphatic carbocycles. The van der Waals surface area contributed by atoms with Gasteiger partial charge in [0.25, 0.3) is 5.69 Å². The normalized spacial score (nSPS) is 17.6. The lowest BCUT2D eigenvalue weighted by molar-refractivity contribution is -0.384. The number of nitro groups is 1. The van der Waals surface area contributed by atoms with E-state index in [1.807, 2.05) is 0 Å². The maximum Gasteiger partial charge on any atom is 0.327 e. The molecule has 1 aromatic rings. The van der Waals surface area contributed by atoms with Crippen LogP contribution >= 0.6 is 27.7 Å². The number of aliphatic carboxylic acids is 1. The molecule has 0 saturated carbocycles. The fraction of sp³-hybridized carbons (Fsp3) is 0.273. The number of carboxylic acid groups (broad SMARTS) is 1. The molecule has 1 aliphatic heterocycles. The van der Waals surface area contributed by atoms with Crippen LogP contribution in [0.3, 0.4) is 0 Å². The Balaban J connectivity index is 2.13. The van der Waals surface area contributed by atoms with Crippen molar-refractivity contribution in [1.29, 1.82) is 0 Å². The van der Waals surface area contributed by atoms with Crippen molar-refractivity contribution >= 4 is 51.1 Å². The summed E-state index contributed by atoms with van der Waals surface area (Å²) >= 11 is 4.49. The highest BCUT2D eigenvalue weighted by molar-refractivity contribution is 9.10. The first-order valence-corrected chi connectivity index (χ1v) is 7.67. The second-order valence-corrected chi connectivity index (χ2v) is 6.03. The Labute approximate surface area is 131 Å². The molecular formula is C11H10BrN3O5S. The second kappa shape index (κ2) is 6.31. The number of nitro benzene ring substituents is 1. The molecule has 2 amide bonds. The number of amides is 2. The Bertz CT molecular complexity index is 612. The van der Waals surface area contributed by atoms with E-state index in [2.05, 4.69) is 21.2 Å². The van der Waals surface area contributed by atoms with Gasteiger partial charge in [-0.2, -0.15) is 0 Å². The van der Waals surface area contributed by atoms with Gasteiger partial charge in [0.15, 0.2) is 0 Å². The van der Waals surface area contributed by atoms with Crippen molar-refractivity contribution < 1.29 is 19.6 Å². The van der Waals surface area contributed by atoms with E-state index in [-0.39, 0.29) is 11.6 Å². The highest BCUT2D eigenvalue weighted by Crippen LogP contribution is 2.28. The molecule has 1 fully saturated rings. The van der Waals surface area contributed by atoms with Crippen LogP contribution in [0.4, 0.5) is 16.2 Å². The Morgan fingerprint density at radius 1 is 1.52 bits per heavy atom. The number of carboxylic acids is 1. The number of non-ortho nitro benzene ring substituents is 1. The lowest BCUT2D eigenvalue weighted by Crippen LogP contribution is -2.44. The molecule has 1 heterocycles. The van der Waals surface area contributed by atoms with Crippen molar-refractivity contribution in [2.24, 2.45) is 0 Å². The van der Waals surface area contributed by atoms with Gasteiger partial charge >= 0.3 is 12.0 Å². The van der Waals surface area contributed by atoms with Crippen molar-refractivity contribution in [1.82, 2.24) is 4.90 Å². The molecule has 1 saturated heterocycles. The van der Waals surface area contributed by atoms with E-state index in [0.29, 0.717) is 15.9 Å². The molecule has 2 rings (SSSR count). The molecule has 1 aliphatic rings. The summed E-state index contributed by atoms with van der Waals surface area (Å²) in [6, 6.07) is 2.49. The summed E-state index contributed by atoms with van der Waals surface area (Å²) in [5.41, 5.74) is 0.228. The first-order chi connectivity index (χ1) is 9.90. The van der Waals surface area contributed by atoms with Crippen molar-refractivity contribution in [3.05, 3.63) is 32.8 Å². The number of benzene rings is 1. The van der Waals surface area contributed by atoms with Crippen LogP contribution in [-0.2, 0) is 4.79 Å². The minimum atomic E-state index is -1.06. The van der Waals surface area contributed by atoms with Gasteiger partial charge in [0.05, 0.1) is 16.5 Å². The molecule has 1 atom stereocenters. The monoisotopic (exact) mass is 375 g/mol. The van der Waals surface area contributed by atoms with Gasteiger partial charge in [0.2, 0.25) is 0 Å². The number of hydrogen-bond acceptors (Lipinski definition) is 5. The van der Waals surface area contributed by atoms with Gasteiger partial charge in [-0.3, -0.25) is 10.1 Å². The second-order valence-electron chi connectivity index (χ2n) is 4.18. The largest absolute Gasteiger partial charge is 0.480 e. The van der Waals surface area contributed by atoms with Crippen molar-refractivity contribution in [2.45, 2.75) is 6.04 Å². The van der Waals surface area contributed by atoms with Crippen molar-refractivity contribution in [3.63, 3.8) is 0 Å². The highest BCUT2D eigenvalue weighted by Gasteiger charge is 2.34. The van der Waals surface area contributed by atoms with Crippen molar-refractivity contribution in [2.75, 3.05) is 16.9 Å². The van der Waals surface area contributed by atoms with Crippen LogP contribution < -0.4 is 5.32 Å². The Hall–Kier alpha value is -1.81. The third-order valence-electron chi connectivity index (χ3n) is 2.83. The molecule has 21 heavy (non-hydrogen) atoms. The molecule has 1 aromatic carbocycles. The van der Waals surface area contributed by atoms with E-state index in [9.17, 15) is 19.7 Å². The van der Waals surface area contributed by atoms with Gasteiger partial charge in [-0.15, -0.1) is 11.8 Å². The van der Waals surface area contributed by atoms with E-state index >= 15 is 0 Å². The number of halogens is 1. The zero-order chi connectivity index (χ0) is 15.6.